The Labute approximate surface area is 309 Å². The van der Waals surface area contributed by atoms with Crippen LogP contribution in [0.3, 0.4) is 0 Å². The molecule has 0 aliphatic heterocycles. The molecule has 0 aromatic carbocycles. The number of carbonyl (C=O) groups is 2. The Hall–Kier alpha value is -2.07. The van der Waals surface area contributed by atoms with Crippen molar-refractivity contribution in [2.24, 2.45) is 0 Å². The van der Waals surface area contributed by atoms with Crippen molar-refractivity contribution in [1.29, 1.82) is 0 Å². The van der Waals surface area contributed by atoms with Crippen LogP contribution < -0.4 is 0 Å². The predicted octanol–water partition coefficient (Wildman–Crippen LogP) is 9.77. The standard InChI is InChI=1S/C40H71O10P/c1-3-5-7-9-11-13-15-17-18-20-22-24-26-28-30-32-40(44)50-38(36-49-51(45,46)48-34-37(42)33-41)35-47-39(43)31-29-27-25-23-21-19-16-14-12-10-8-6-4-2/h5,7,11,13-14,16-18,37-38,41-42H,3-4,6,8-10,12,15,19-36H2,1-2H3,(H,45,46)/b7-5-,13-11-,16-14-,18-17-/t37-,38+/m0/s1. The lowest BCUT2D eigenvalue weighted by Gasteiger charge is -2.20. The SMILES string of the molecule is CC/C=C\C/C=C\C/C=C\CCCCCCCC(=O)O[C@H](COC(=O)CCCCCCC/C=C\CCCCCC)COP(=O)(O)OC[C@@H](O)CO. The molecule has 0 heterocycles. The molecule has 0 fully saturated rings. The maximum atomic E-state index is 12.6. The van der Waals surface area contributed by atoms with Crippen LogP contribution in [0.15, 0.2) is 48.6 Å². The quantitative estimate of drug-likeness (QED) is 0.0245. The Morgan fingerprint density at radius 2 is 1.08 bits per heavy atom. The predicted molar refractivity (Wildman–Crippen MR) is 205 cm³/mol. The number of phosphoric ester groups is 1. The number of hydrogen-bond acceptors (Lipinski definition) is 9. The number of phosphoric acid groups is 1. The molecule has 0 rings (SSSR count). The first-order valence-corrected chi connectivity index (χ1v) is 21.1. The molecule has 0 saturated carbocycles. The first kappa shape index (κ1) is 48.9. The van der Waals surface area contributed by atoms with Gasteiger partial charge in [0.2, 0.25) is 0 Å². The van der Waals surface area contributed by atoms with Crippen LogP contribution in [0.2, 0.25) is 0 Å². The number of rotatable bonds is 36. The van der Waals surface area contributed by atoms with Gasteiger partial charge in [-0.25, -0.2) is 4.57 Å². The van der Waals surface area contributed by atoms with Gasteiger partial charge in [0, 0.05) is 12.8 Å². The molecule has 296 valence electrons. The maximum absolute atomic E-state index is 12.6. The Bertz CT molecular complexity index is 994. The van der Waals surface area contributed by atoms with E-state index >= 15 is 0 Å². The molecule has 0 spiro atoms. The van der Waals surface area contributed by atoms with Crippen molar-refractivity contribution in [2.75, 3.05) is 26.4 Å². The van der Waals surface area contributed by atoms with Gasteiger partial charge in [-0.1, -0.05) is 120 Å². The zero-order valence-electron chi connectivity index (χ0n) is 31.8. The van der Waals surface area contributed by atoms with Gasteiger partial charge in [-0.3, -0.25) is 18.6 Å². The number of allylic oxidation sites excluding steroid dienone is 8. The van der Waals surface area contributed by atoms with Crippen LogP contribution in [0.5, 0.6) is 0 Å². The van der Waals surface area contributed by atoms with E-state index in [1.807, 2.05) is 0 Å². The summed E-state index contributed by atoms with van der Waals surface area (Å²) in [7, 11) is -4.62. The van der Waals surface area contributed by atoms with Crippen LogP contribution in [0.25, 0.3) is 0 Å². The fraction of sp³-hybridized carbons (Fsp3) is 0.750. The van der Waals surface area contributed by atoms with E-state index in [2.05, 4.69) is 67.0 Å². The third-order valence-electron chi connectivity index (χ3n) is 7.97. The van der Waals surface area contributed by atoms with Gasteiger partial charge >= 0.3 is 19.8 Å². The highest BCUT2D eigenvalue weighted by molar-refractivity contribution is 7.47. The molecule has 3 atom stereocenters. The molecule has 10 nitrogen and oxygen atoms in total. The van der Waals surface area contributed by atoms with Crippen LogP contribution in [0.1, 0.15) is 155 Å². The molecule has 0 aromatic heterocycles. The second-order valence-electron chi connectivity index (χ2n) is 12.9. The van der Waals surface area contributed by atoms with E-state index in [1.165, 1.54) is 25.7 Å². The van der Waals surface area contributed by atoms with E-state index in [4.69, 9.17) is 19.1 Å². The third-order valence-corrected chi connectivity index (χ3v) is 8.92. The minimum Gasteiger partial charge on any atom is -0.462 e. The van der Waals surface area contributed by atoms with Crippen LogP contribution >= 0.6 is 7.82 Å². The molecule has 0 aliphatic carbocycles. The number of esters is 2. The van der Waals surface area contributed by atoms with Crippen molar-refractivity contribution >= 4 is 19.8 Å². The summed E-state index contributed by atoms with van der Waals surface area (Å²) in [5, 5.41) is 18.3. The van der Waals surface area contributed by atoms with Crippen LogP contribution in [0, 0.1) is 0 Å². The second-order valence-corrected chi connectivity index (χ2v) is 14.4. The molecule has 0 radical (unpaired) electrons. The Morgan fingerprint density at radius 3 is 1.65 bits per heavy atom. The highest BCUT2D eigenvalue weighted by Crippen LogP contribution is 2.43. The molecule has 11 heteroatoms. The zero-order valence-corrected chi connectivity index (χ0v) is 32.7. The molecule has 0 aromatic rings. The van der Waals surface area contributed by atoms with Gasteiger partial charge in [-0.15, -0.1) is 0 Å². The number of carbonyl (C=O) groups excluding carboxylic acids is 2. The van der Waals surface area contributed by atoms with Gasteiger partial charge in [0.1, 0.15) is 12.7 Å². The average molecular weight is 743 g/mol. The van der Waals surface area contributed by atoms with Crippen molar-refractivity contribution in [1.82, 2.24) is 0 Å². The van der Waals surface area contributed by atoms with Crippen LogP contribution in [-0.4, -0.2) is 65.7 Å². The fourth-order valence-electron chi connectivity index (χ4n) is 4.94. The number of aliphatic hydroxyl groups is 2. The second kappa shape index (κ2) is 36.3. The van der Waals surface area contributed by atoms with Gasteiger partial charge in [-0.2, -0.15) is 0 Å². The normalized spacial score (nSPS) is 14.5. The zero-order chi connectivity index (χ0) is 37.7. The van der Waals surface area contributed by atoms with Gasteiger partial charge in [0.05, 0.1) is 19.8 Å². The largest absolute Gasteiger partial charge is 0.472 e. The van der Waals surface area contributed by atoms with Gasteiger partial charge in [0.25, 0.3) is 0 Å². The lowest BCUT2D eigenvalue weighted by molar-refractivity contribution is -0.161. The van der Waals surface area contributed by atoms with E-state index in [1.54, 1.807) is 0 Å². The van der Waals surface area contributed by atoms with Gasteiger partial charge < -0.3 is 24.6 Å². The molecule has 1 unspecified atom stereocenters. The topological polar surface area (TPSA) is 149 Å². The van der Waals surface area contributed by atoms with Gasteiger partial charge in [0.15, 0.2) is 6.10 Å². The molecule has 51 heavy (non-hydrogen) atoms. The summed E-state index contributed by atoms with van der Waals surface area (Å²) >= 11 is 0. The Morgan fingerprint density at radius 1 is 0.608 bits per heavy atom. The Kier molecular flexibility index (Phi) is 34.8. The summed E-state index contributed by atoms with van der Waals surface area (Å²) in [6, 6.07) is 0. The lowest BCUT2D eigenvalue weighted by atomic mass is 10.1. The summed E-state index contributed by atoms with van der Waals surface area (Å²) in [6.07, 6.45) is 36.5. The number of hydrogen-bond donors (Lipinski definition) is 3. The summed E-state index contributed by atoms with van der Waals surface area (Å²) in [5.41, 5.74) is 0. The monoisotopic (exact) mass is 742 g/mol. The van der Waals surface area contributed by atoms with Crippen molar-refractivity contribution in [3.63, 3.8) is 0 Å². The van der Waals surface area contributed by atoms with Crippen LogP contribution in [-0.2, 0) is 32.7 Å². The van der Waals surface area contributed by atoms with E-state index < -0.39 is 51.8 Å². The molecule has 0 saturated heterocycles. The fourth-order valence-corrected chi connectivity index (χ4v) is 5.73. The van der Waals surface area contributed by atoms with Crippen molar-refractivity contribution in [2.45, 2.75) is 167 Å². The van der Waals surface area contributed by atoms with Crippen molar-refractivity contribution in [3.05, 3.63) is 48.6 Å². The Balaban J connectivity index is 4.41. The maximum Gasteiger partial charge on any atom is 0.472 e. The summed E-state index contributed by atoms with van der Waals surface area (Å²) in [5.74, 6) is -0.959. The lowest BCUT2D eigenvalue weighted by Crippen LogP contribution is -2.29. The average Bonchev–Trinajstić information content (AvgIpc) is 3.12. The molecule has 0 aliphatic rings. The third kappa shape index (κ3) is 36.1. The summed E-state index contributed by atoms with van der Waals surface area (Å²) in [4.78, 5) is 34.8. The van der Waals surface area contributed by atoms with Crippen molar-refractivity contribution in [3.8, 4) is 0 Å². The minimum absolute atomic E-state index is 0.162. The van der Waals surface area contributed by atoms with E-state index in [0.29, 0.717) is 12.8 Å². The smallest absolute Gasteiger partial charge is 0.462 e. The molecular formula is C40H71O10P. The number of ether oxygens (including phenoxy) is 2. The van der Waals surface area contributed by atoms with E-state index in [0.717, 1.165) is 89.9 Å². The highest BCUT2D eigenvalue weighted by Gasteiger charge is 2.27. The highest BCUT2D eigenvalue weighted by atomic mass is 31.2. The number of unbranched alkanes of at least 4 members (excludes halogenated alkanes) is 14. The van der Waals surface area contributed by atoms with Crippen LogP contribution in [0.4, 0.5) is 0 Å². The molecule has 0 bridgehead atoms. The first-order valence-electron chi connectivity index (χ1n) is 19.6. The summed E-state index contributed by atoms with van der Waals surface area (Å²) < 4.78 is 32.6. The molecule has 0 amide bonds. The number of aliphatic hydroxyl groups excluding tert-OH is 2. The van der Waals surface area contributed by atoms with Crippen molar-refractivity contribution < 1.29 is 47.8 Å². The van der Waals surface area contributed by atoms with E-state index in [-0.39, 0.29) is 19.4 Å². The molecular weight excluding hydrogens is 671 g/mol. The minimum atomic E-state index is -4.62. The van der Waals surface area contributed by atoms with Gasteiger partial charge in [-0.05, 0) is 70.6 Å². The first-order chi connectivity index (χ1) is 24.7. The van der Waals surface area contributed by atoms with E-state index in [9.17, 15) is 24.2 Å². The summed E-state index contributed by atoms with van der Waals surface area (Å²) in [6.45, 7) is 2.20. The molecule has 3 N–H and O–H groups in total.